The maximum absolute atomic E-state index is 13.3. The van der Waals surface area contributed by atoms with E-state index in [1.807, 2.05) is 56.3 Å². The smallest absolute Gasteiger partial charge is 0.256 e. The molecule has 7 heteroatoms. The van der Waals surface area contributed by atoms with Gasteiger partial charge in [-0.2, -0.15) is 0 Å². The third kappa shape index (κ3) is 4.73. The van der Waals surface area contributed by atoms with E-state index in [4.69, 9.17) is 9.72 Å². The first-order chi connectivity index (χ1) is 16.5. The van der Waals surface area contributed by atoms with Gasteiger partial charge in [0.25, 0.3) is 5.91 Å². The fraction of sp³-hybridized carbons (Fsp3) is 0.357. The van der Waals surface area contributed by atoms with Gasteiger partial charge in [0.1, 0.15) is 15.8 Å². The monoisotopic (exact) mass is 505 g/mol. The Labute approximate surface area is 214 Å². The molecule has 3 heterocycles. The van der Waals surface area contributed by atoms with Gasteiger partial charge in [-0.1, -0.05) is 12.1 Å². The minimum Gasteiger partial charge on any atom is -0.491 e. The van der Waals surface area contributed by atoms with E-state index in [0.717, 1.165) is 38.0 Å². The number of para-hydroxylation sites is 1. The molecule has 35 heavy (non-hydrogen) atoms. The number of thiophene rings is 1. The lowest BCUT2D eigenvalue weighted by molar-refractivity contribution is 0.102. The van der Waals surface area contributed by atoms with Crippen molar-refractivity contribution in [2.24, 2.45) is 0 Å². The van der Waals surface area contributed by atoms with Crippen molar-refractivity contribution < 1.29 is 9.53 Å². The number of amides is 1. The van der Waals surface area contributed by atoms with Crippen LogP contribution in [0.2, 0.25) is 0 Å². The number of rotatable bonds is 5. The Hall–Kier alpha value is -2.74. The molecule has 5 rings (SSSR count). The second-order valence-electron chi connectivity index (χ2n) is 10.6. The quantitative estimate of drug-likeness (QED) is 0.300. The first kappa shape index (κ1) is 24.0. The van der Waals surface area contributed by atoms with Gasteiger partial charge in [0.2, 0.25) is 0 Å². The zero-order valence-corrected chi connectivity index (χ0v) is 22.6. The molecule has 0 fully saturated rings. The van der Waals surface area contributed by atoms with Gasteiger partial charge in [-0.05, 0) is 89.9 Å². The van der Waals surface area contributed by atoms with Crippen molar-refractivity contribution in [2.45, 2.75) is 65.1 Å². The molecule has 182 valence electrons. The molecule has 1 amide bonds. The largest absolute Gasteiger partial charge is 0.491 e. The molecule has 0 spiro atoms. The fourth-order valence-corrected chi connectivity index (χ4v) is 7.34. The van der Waals surface area contributed by atoms with E-state index in [9.17, 15) is 4.79 Å². The number of aromatic nitrogens is 1. The molecule has 2 aromatic carbocycles. The van der Waals surface area contributed by atoms with E-state index in [0.29, 0.717) is 5.56 Å². The van der Waals surface area contributed by atoms with Crippen molar-refractivity contribution in [3.8, 4) is 16.3 Å². The van der Waals surface area contributed by atoms with Gasteiger partial charge in [-0.25, -0.2) is 4.98 Å². The number of hydrogen-bond acceptors (Lipinski definition) is 6. The van der Waals surface area contributed by atoms with Gasteiger partial charge < -0.3 is 15.4 Å². The van der Waals surface area contributed by atoms with Crippen molar-refractivity contribution >= 4 is 43.8 Å². The van der Waals surface area contributed by atoms with Crippen molar-refractivity contribution in [1.82, 2.24) is 10.3 Å². The molecule has 0 unspecified atom stereocenters. The maximum Gasteiger partial charge on any atom is 0.256 e. The number of hydrogen-bond donors (Lipinski definition) is 2. The van der Waals surface area contributed by atoms with Crippen LogP contribution in [-0.2, 0) is 12.0 Å². The second-order valence-corrected chi connectivity index (χ2v) is 12.6. The maximum atomic E-state index is 13.3. The van der Waals surface area contributed by atoms with Gasteiger partial charge in [0.15, 0.2) is 0 Å². The third-order valence-corrected chi connectivity index (χ3v) is 8.59. The zero-order valence-electron chi connectivity index (χ0n) is 21.0. The lowest BCUT2D eigenvalue weighted by Gasteiger charge is -2.42. The third-order valence-electron chi connectivity index (χ3n) is 6.07. The van der Waals surface area contributed by atoms with Crippen LogP contribution in [0.1, 0.15) is 62.3 Å². The van der Waals surface area contributed by atoms with Crippen molar-refractivity contribution in [3.63, 3.8) is 0 Å². The second kappa shape index (κ2) is 8.73. The summed E-state index contributed by atoms with van der Waals surface area (Å²) in [6.07, 6.45) is 0.953. The number of nitrogens with zero attached hydrogens (tertiary/aromatic N) is 1. The molecule has 0 atom stereocenters. The average Bonchev–Trinajstić information content (AvgIpc) is 3.33. The summed E-state index contributed by atoms with van der Waals surface area (Å²) in [5.74, 6) is 0.625. The summed E-state index contributed by atoms with van der Waals surface area (Å²) in [5.41, 5.74) is 3.63. The van der Waals surface area contributed by atoms with Crippen molar-refractivity contribution in [3.05, 3.63) is 64.5 Å². The molecule has 2 N–H and O–H groups in total. The van der Waals surface area contributed by atoms with Crippen LogP contribution in [0.4, 0.5) is 5.00 Å². The van der Waals surface area contributed by atoms with Gasteiger partial charge >= 0.3 is 0 Å². The lowest BCUT2D eigenvalue weighted by atomic mass is 9.81. The minimum absolute atomic E-state index is 0.0729. The van der Waals surface area contributed by atoms with Crippen LogP contribution in [0.25, 0.3) is 20.8 Å². The predicted octanol–water partition coefficient (Wildman–Crippen LogP) is 7.22. The Morgan fingerprint density at radius 1 is 1.06 bits per heavy atom. The summed E-state index contributed by atoms with van der Waals surface area (Å²) < 4.78 is 6.87. The number of carbonyl (C=O) groups excluding carboxylic acids is 1. The van der Waals surface area contributed by atoms with Crippen LogP contribution in [0, 0.1) is 0 Å². The van der Waals surface area contributed by atoms with Crippen LogP contribution >= 0.6 is 22.7 Å². The molecule has 0 aliphatic carbocycles. The molecule has 2 aromatic heterocycles. The lowest BCUT2D eigenvalue weighted by Crippen LogP contribution is -2.54. The summed E-state index contributed by atoms with van der Waals surface area (Å²) in [6.45, 7) is 12.9. The van der Waals surface area contributed by atoms with E-state index in [-0.39, 0.29) is 23.1 Å². The topological polar surface area (TPSA) is 63.2 Å². The first-order valence-electron chi connectivity index (χ1n) is 11.9. The Morgan fingerprint density at radius 3 is 2.46 bits per heavy atom. The summed E-state index contributed by atoms with van der Waals surface area (Å²) >= 11 is 3.34. The summed E-state index contributed by atoms with van der Waals surface area (Å²) in [6, 6.07) is 15.5. The van der Waals surface area contributed by atoms with Crippen LogP contribution in [0.15, 0.2) is 48.5 Å². The molecule has 0 saturated carbocycles. The molecule has 5 nitrogen and oxygen atoms in total. The number of thiazole rings is 1. The van der Waals surface area contributed by atoms with Gasteiger partial charge in [0.05, 0.1) is 16.3 Å². The minimum atomic E-state index is -0.216. The van der Waals surface area contributed by atoms with Crippen LogP contribution in [-0.4, -0.2) is 22.5 Å². The van der Waals surface area contributed by atoms with Crippen molar-refractivity contribution in [1.29, 1.82) is 0 Å². The van der Waals surface area contributed by atoms with E-state index >= 15 is 0 Å². The molecule has 4 aromatic rings. The molecule has 1 aliphatic rings. The van der Waals surface area contributed by atoms with E-state index in [1.165, 1.54) is 10.4 Å². The zero-order chi connectivity index (χ0) is 25.0. The van der Waals surface area contributed by atoms with Crippen molar-refractivity contribution in [2.75, 3.05) is 5.32 Å². The normalized spacial score (nSPS) is 16.3. The summed E-state index contributed by atoms with van der Waals surface area (Å²) in [4.78, 5) is 19.6. The molecule has 0 bridgehead atoms. The standard InChI is InChI=1S/C28H31N3O2S2/c1-16(2)33-18-13-11-17(12-14-18)24(32)30-26-22(25-29-20-9-7-8-10-21(20)34-25)19-15-27(3,4)31-28(5,6)23(19)35-26/h7-14,16,31H,15H2,1-6H3,(H,30,32). The predicted molar refractivity (Wildman–Crippen MR) is 147 cm³/mol. The highest BCUT2D eigenvalue weighted by atomic mass is 32.1. The van der Waals surface area contributed by atoms with Gasteiger partial charge in [0, 0.05) is 27.1 Å². The highest BCUT2D eigenvalue weighted by Crippen LogP contribution is 2.50. The molecule has 0 radical (unpaired) electrons. The van der Waals surface area contributed by atoms with E-state index in [2.05, 4.69) is 44.4 Å². The molecular weight excluding hydrogens is 474 g/mol. The SMILES string of the molecule is CC(C)Oc1ccc(C(=O)Nc2sc3c(c2-c2nc4ccccc4s2)CC(C)(C)NC3(C)C)cc1. The molecule has 0 saturated heterocycles. The fourth-order valence-electron chi connectivity index (χ4n) is 4.95. The number of benzene rings is 2. The highest BCUT2D eigenvalue weighted by molar-refractivity contribution is 7.23. The van der Waals surface area contributed by atoms with Crippen LogP contribution in [0.3, 0.4) is 0 Å². The molecule has 1 aliphatic heterocycles. The van der Waals surface area contributed by atoms with Gasteiger partial charge in [-0.3, -0.25) is 4.79 Å². The molecular formula is C28H31N3O2S2. The number of anilines is 1. The number of fused-ring (bicyclic) bond motifs is 2. The number of nitrogens with one attached hydrogen (secondary N) is 2. The Kier molecular flexibility index (Phi) is 5.98. The van der Waals surface area contributed by atoms with E-state index < -0.39 is 0 Å². The Morgan fingerprint density at radius 2 is 1.77 bits per heavy atom. The first-order valence-corrected chi connectivity index (χ1v) is 13.6. The summed E-state index contributed by atoms with van der Waals surface area (Å²) in [5, 5.41) is 8.82. The Balaban J connectivity index is 1.58. The Bertz CT molecular complexity index is 1360. The highest BCUT2D eigenvalue weighted by Gasteiger charge is 2.41. The summed E-state index contributed by atoms with van der Waals surface area (Å²) in [7, 11) is 0. The van der Waals surface area contributed by atoms with Gasteiger partial charge in [-0.15, -0.1) is 22.7 Å². The number of ether oxygens (including phenoxy) is 1. The van der Waals surface area contributed by atoms with Crippen LogP contribution in [0.5, 0.6) is 5.75 Å². The average molecular weight is 506 g/mol. The van der Waals surface area contributed by atoms with Crippen LogP contribution < -0.4 is 15.4 Å². The number of carbonyl (C=O) groups is 1. The van der Waals surface area contributed by atoms with E-state index in [1.54, 1.807) is 22.7 Å².